The SMILES string of the molecule is O=P(O)(O)O.[CH2-]C(CC)CCCC.[CH2-]C(CC)CCCC.[Ca+2]. The molecule has 0 heterocycles. The first-order valence-electron chi connectivity index (χ1n) is 8.06. The Hall–Kier alpha value is 1.37. The Balaban J connectivity index is -0.000000111. The first-order valence-corrected chi connectivity index (χ1v) is 9.63. The maximum Gasteiger partial charge on any atom is 2.00 e. The van der Waals surface area contributed by atoms with E-state index < -0.39 is 7.82 Å². The van der Waals surface area contributed by atoms with Crippen molar-refractivity contribution < 1.29 is 19.2 Å². The van der Waals surface area contributed by atoms with Crippen molar-refractivity contribution in [2.45, 2.75) is 79.1 Å². The van der Waals surface area contributed by atoms with Gasteiger partial charge in [0.05, 0.1) is 0 Å². The summed E-state index contributed by atoms with van der Waals surface area (Å²) in [5.74, 6) is 1.41. The van der Waals surface area contributed by atoms with Gasteiger partial charge in [0, 0.05) is 0 Å². The summed E-state index contributed by atoms with van der Waals surface area (Å²) >= 11 is 0. The third-order valence-corrected chi connectivity index (χ3v) is 3.09. The number of hydrogen-bond acceptors (Lipinski definition) is 1. The Labute approximate surface area is 168 Å². The molecule has 4 nitrogen and oxygen atoms in total. The minimum absolute atomic E-state index is 0. The van der Waals surface area contributed by atoms with Gasteiger partial charge in [-0.05, 0) is 0 Å². The van der Waals surface area contributed by atoms with Crippen LogP contribution in [0.2, 0.25) is 0 Å². The van der Waals surface area contributed by atoms with Gasteiger partial charge in [-0.2, -0.15) is 11.8 Å². The molecule has 0 aromatic rings. The van der Waals surface area contributed by atoms with Crippen molar-refractivity contribution in [3.63, 3.8) is 0 Å². The molecule has 0 spiro atoms. The van der Waals surface area contributed by atoms with E-state index in [9.17, 15) is 0 Å². The standard InChI is InChI=1S/2C8H17.Ca.H3O4P/c2*1-4-6-7-8(3)5-2;;1-5(2,3)4/h2*8H,3-7H2,1-2H3;;(H3,1,2,3,4)/q2*-1;+2;. The monoisotopic (exact) mass is 364 g/mol. The normalized spacial score (nSPS) is 12.8. The molecular formula is C16H37CaO4P. The van der Waals surface area contributed by atoms with Crippen molar-refractivity contribution >= 4 is 45.6 Å². The Kier molecular flexibility index (Phi) is 31.7. The van der Waals surface area contributed by atoms with Crippen molar-refractivity contribution in [1.29, 1.82) is 0 Å². The molecule has 2 atom stereocenters. The summed E-state index contributed by atoms with van der Waals surface area (Å²) < 4.78 is 8.88. The molecule has 0 radical (unpaired) electrons. The van der Waals surface area contributed by atoms with Gasteiger partial charge >= 0.3 is 45.6 Å². The molecule has 0 aliphatic rings. The minimum Gasteiger partial charge on any atom is -0.340 e. The maximum absolute atomic E-state index is 8.88. The molecule has 0 saturated heterocycles. The molecule has 0 saturated carbocycles. The van der Waals surface area contributed by atoms with Crippen LogP contribution in [0.5, 0.6) is 0 Å². The van der Waals surface area contributed by atoms with E-state index in [1.165, 1.54) is 51.4 Å². The summed E-state index contributed by atoms with van der Waals surface area (Å²) in [5.41, 5.74) is 0. The van der Waals surface area contributed by atoms with E-state index in [2.05, 4.69) is 41.5 Å². The van der Waals surface area contributed by atoms with Crippen LogP contribution in [0.3, 0.4) is 0 Å². The fourth-order valence-electron chi connectivity index (χ4n) is 1.39. The molecule has 0 aliphatic heterocycles. The second kappa shape index (κ2) is 22.4. The van der Waals surface area contributed by atoms with E-state index in [4.69, 9.17) is 19.2 Å². The van der Waals surface area contributed by atoms with E-state index in [-0.39, 0.29) is 37.7 Å². The molecule has 132 valence electrons. The van der Waals surface area contributed by atoms with Gasteiger partial charge in [0.1, 0.15) is 0 Å². The largest absolute Gasteiger partial charge is 2.00 e. The molecule has 0 amide bonds. The van der Waals surface area contributed by atoms with Crippen LogP contribution in [-0.4, -0.2) is 52.4 Å². The maximum atomic E-state index is 8.88. The van der Waals surface area contributed by atoms with Crippen LogP contribution < -0.4 is 0 Å². The van der Waals surface area contributed by atoms with Gasteiger partial charge < -0.3 is 28.5 Å². The van der Waals surface area contributed by atoms with E-state index in [0.29, 0.717) is 11.8 Å². The third-order valence-electron chi connectivity index (χ3n) is 3.09. The molecule has 0 aromatic heterocycles. The van der Waals surface area contributed by atoms with Crippen LogP contribution in [0, 0.1) is 25.7 Å². The van der Waals surface area contributed by atoms with Gasteiger partial charge in [-0.3, -0.25) is 0 Å². The van der Waals surface area contributed by atoms with Crippen LogP contribution in [-0.2, 0) is 4.57 Å². The molecule has 3 N–H and O–H groups in total. The van der Waals surface area contributed by atoms with Crippen molar-refractivity contribution in [3.8, 4) is 0 Å². The van der Waals surface area contributed by atoms with Gasteiger partial charge in [-0.1, -0.05) is 79.1 Å². The quantitative estimate of drug-likeness (QED) is 0.329. The Morgan fingerprint density at radius 1 is 0.818 bits per heavy atom. The van der Waals surface area contributed by atoms with Crippen LogP contribution >= 0.6 is 7.82 Å². The molecular weight excluding hydrogens is 327 g/mol. The van der Waals surface area contributed by atoms with Gasteiger partial charge in [-0.15, -0.1) is 0 Å². The minimum atomic E-state index is -4.64. The predicted octanol–water partition coefficient (Wildman–Crippen LogP) is 4.76. The molecule has 0 aromatic carbocycles. The molecule has 0 bridgehead atoms. The van der Waals surface area contributed by atoms with Gasteiger partial charge in [0.15, 0.2) is 0 Å². The smallest absolute Gasteiger partial charge is 0.340 e. The number of unbranched alkanes of at least 4 members (excludes halogenated alkanes) is 2. The van der Waals surface area contributed by atoms with Crippen LogP contribution in [0.15, 0.2) is 0 Å². The van der Waals surface area contributed by atoms with Crippen molar-refractivity contribution in [1.82, 2.24) is 0 Å². The second-order valence-corrected chi connectivity index (χ2v) is 6.37. The molecule has 22 heavy (non-hydrogen) atoms. The summed E-state index contributed by atoms with van der Waals surface area (Å²) in [6.07, 6.45) is 10.4. The van der Waals surface area contributed by atoms with Crippen molar-refractivity contribution in [3.05, 3.63) is 13.8 Å². The topological polar surface area (TPSA) is 77.8 Å². The number of rotatable bonds is 8. The van der Waals surface area contributed by atoms with Crippen LogP contribution in [0.25, 0.3) is 0 Å². The summed E-state index contributed by atoms with van der Waals surface area (Å²) in [6, 6.07) is 0. The van der Waals surface area contributed by atoms with Gasteiger partial charge in [-0.25, -0.2) is 4.57 Å². The van der Waals surface area contributed by atoms with E-state index >= 15 is 0 Å². The summed E-state index contributed by atoms with van der Waals surface area (Å²) in [7, 11) is -4.64. The molecule has 0 rings (SSSR count). The van der Waals surface area contributed by atoms with E-state index in [1.807, 2.05) is 0 Å². The van der Waals surface area contributed by atoms with Gasteiger partial charge in [0.25, 0.3) is 0 Å². The fourth-order valence-corrected chi connectivity index (χ4v) is 1.39. The zero-order chi connectivity index (χ0) is 17.3. The van der Waals surface area contributed by atoms with Crippen LogP contribution in [0.4, 0.5) is 0 Å². The first-order chi connectivity index (χ1) is 9.62. The molecule has 0 fully saturated rings. The van der Waals surface area contributed by atoms with Crippen molar-refractivity contribution in [2.24, 2.45) is 11.8 Å². The zero-order valence-corrected chi connectivity index (χ0v) is 18.2. The average molecular weight is 365 g/mol. The predicted molar refractivity (Wildman–Crippen MR) is 97.3 cm³/mol. The second-order valence-electron chi connectivity index (χ2n) is 5.35. The molecule has 2 unspecified atom stereocenters. The summed E-state index contributed by atoms with van der Waals surface area (Å²) in [6.45, 7) is 16.8. The average Bonchev–Trinajstić information content (AvgIpc) is 2.40. The first kappa shape index (κ1) is 31.2. The Bertz CT molecular complexity index is 212. The van der Waals surface area contributed by atoms with Crippen molar-refractivity contribution in [2.75, 3.05) is 0 Å². The van der Waals surface area contributed by atoms with E-state index in [1.54, 1.807) is 0 Å². The summed E-state index contributed by atoms with van der Waals surface area (Å²) in [4.78, 5) is 21.6. The molecule has 0 aliphatic carbocycles. The number of hydrogen-bond donors (Lipinski definition) is 3. The Morgan fingerprint density at radius 2 is 1.05 bits per heavy atom. The van der Waals surface area contributed by atoms with Crippen LogP contribution in [0.1, 0.15) is 79.1 Å². The molecule has 6 heteroatoms. The van der Waals surface area contributed by atoms with Gasteiger partial charge in [0.2, 0.25) is 0 Å². The third kappa shape index (κ3) is 49.6. The van der Waals surface area contributed by atoms with E-state index in [0.717, 1.165) is 0 Å². The summed E-state index contributed by atoms with van der Waals surface area (Å²) in [5, 5.41) is 0. The number of phosphoric acid groups is 1. The fraction of sp³-hybridized carbons (Fsp3) is 0.875. The zero-order valence-electron chi connectivity index (χ0n) is 15.1. The Morgan fingerprint density at radius 3 is 1.18 bits per heavy atom.